The lowest BCUT2D eigenvalue weighted by atomic mass is 9.40. The van der Waals surface area contributed by atoms with E-state index >= 15 is 0 Å². The summed E-state index contributed by atoms with van der Waals surface area (Å²) in [7, 11) is 0. The zero-order valence-electron chi connectivity index (χ0n) is 14.8. The molecule has 2 heteroatoms. The van der Waals surface area contributed by atoms with Crippen molar-refractivity contribution in [3.05, 3.63) is 11.6 Å². The minimum absolute atomic E-state index is 0.0519. The number of carbonyl (C=O) groups excluding carboxylic acids is 1. The van der Waals surface area contributed by atoms with Gasteiger partial charge in [-0.15, -0.1) is 0 Å². The second-order valence-electron chi connectivity index (χ2n) is 9.42. The van der Waals surface area contributed by atoms with E-state index in [0.29, 0.717) is 16.7 Å². The molecule has 0 amide bonds. The van der Waals surface area contributed by atoms with Crippen LogP contribution in [0, 0.1) is 34.0 Å². The van der Waals surface area contributed by atoms with Crippen LogP contribution in [0.15, 0.2) is 11.6 Å². The number of carbonyl (C=O) groups is 1. The number of allylic oxidation sites excluding steroid dienone is 2. The molecule has 22 heavy (non-hydrogen) atoms. The standard InChI is InChI=1S/C20H31ClO/c1-13-7-8-15-19(4)11-6-10-18(2,3)14(19)9-12-20(15,5)16(13)17(21)22/h7,14-16H,6,8-12H2,1-5H3/t14-,15+,16-,19-,20+/m0/s1. The minimum atomic E-state index is -0.141. The highest BCUT2D eigenvalue weighted by Gasteiger charge is 2.61. The molecule has 0 aromatic rings. The van der Waals surface area contributed by atoms with Crippen molar-refractivity contribution < 1.29 is 4.79 Å². The largest absolute Gasteiger partial charge is 0.281 e. The van der Waals surface area contributed by atoms with Gasteiger partial charge >= 0.3 is 0 Å². The predicted molar refractivity (Wildman–Crippen MR) is 92.8 cm³/mol. The highest BCUT2D eigenvalue weighted by molar-refractivity contribution is 6.64. The third kappa shape index (κ3) is 2.14. The lowest BCUT2D eigenvalue weighted by Gasteiger charge is -2.64. The number of rotatable bonds is 1. The topological polar surface area (TPSA) is 17.1 Å². The summed E-state index contributed by atoms with van der Waals surface area (Å²) in [5, 5.41) is -0.141. The molecule has 2 saturated carbocycles. The Morgan fingerprint density at radius 2 is 1.77 bits per heavy atom. The summed E-state index contributed by atoms with van der Waals surface area (Å²) in [5.74, 6) is 1.30. The Kier molecular flexibility index (Phi) is 3.84. The van der Waals surface area contributed by atoms with Crippen molar-refractivity contribution in [3.8, 4) is 0 Å². The Morgan fingerprint density at radius 3 is 2.41 bits per heavy atom. The highest BCUT2D eigenvalue weighted by Crippen LogP contribution is 2.68. The zero-order valence-corrected chi connectivity index (χ0v) is 15.6. The third-order valence-electron chi connectivity index (χ3n) is 7.86. The normalized spacial score (nSPS) is 47.2. The fourth-order valence-corrected chi connectivity index (χ4v) is 7.37. The highest BCUT2D eigenvalue weighted by atomic mass is 35.5. The van der Waals surface area contributed by atoms with Gasteiger partial charge in [-0.05, 0) is 78.7 Å². The molecule has 3 rings (SSSR count). The summed E-state index contributed by atoms with van der Waals surface area (Å²) in [6.07, 6.45) is 9.84. The first-order chi connectivity index (χ1) is 10.1. The van der Waals surface area contributed by atoms with Crippen LogP contribution in [0.4, 0.5) is 0 Å². The van der Waals surface area contributed by atoms with Gasteiger partial charge in [0.1, 0.15) is 0 Å². The number of hydrogen-bond acceptors (Lipinski definition) is 1. The maximum absolute atomic E-state index is 12.2. The smallest absolute Gasteiger partial charge is 0.229 e. The van der Waals surface area contributed by atoms with Crippen LogP contribution in [0.2, 0.25) is 0 Å². The predicted octanol–water partition coefficient (Wildman–Crippen LogP) is 5.97. The first-order valence-electron chi connectivity index (χ1n) is 8.99. The van der Waals surface area contributed by atoms with Crippen molar-refractivity contribution in [1.29, 1.82) is 0 Å². The van der Waals surface area contributed by atoms with Gasteiger partial charge in [0.25, 0.3) is 0 Å². The molecule has 0 heterocycles. The van der Waals surface area contributed by atoms with E-state index in [0.717, 1.165) is 18.8 Å². The van der Waals surface area contributed by atoms with Gasteiger partial charge in [-0.3, -0.25) is 4.79 Å². The maximum atomic E-state index is 12.2. The van der Waals surface area contributed by atoms with E-state index in [-0.39, 0.29) is 16.6 Å². The molecule has 0 radical (unpaired) electrons. The number of halogens is 1. The molecule has 0 N–H and O–H groups in total. The Balaban J connectivity index is 2.06. The van der Waals surface area contributed by atoms with Gasteiger partial charge in [-0.1, -0.05) is 45.8 Å². The van der Waals surface area contributed by atoms with Crippen LogP contribution >= 0.6 is 11.6 Å². The molecule has 0 saturated heterocycles. The summed E-state index contributed by atoms with van der Waals surface area (Å²) in [6.45, 7) is 11.9. The van der Waals surface area contributed by atoms with E-state index in [1.54, 1.807) is 0 Å². The van der Waals surface area contributed by atoms with Crippen LogP contribution in [0.3, 0.4) is 0 Å². The van der Waals surface area contributed by atoms with Crippen LogP contribution in [-0.4, -0.2) is 5.24 Å². The van der Waals surface area contributed by atoms with Gasteiger partial charge in [-0.2, -0.15) is 0 Å². The summed E-state index contributed by atoms with van der Waals surface area (Å²) in [4.78, 5) is 12.2. The maximum Gasteiger partial charge on any atom is 0.229 e. The minimum Gasteiger partial charge on any atom is -0.281 e. The Labute approximate surface area is 140 Å². The van der Waals surface area contributed by atoms with Crippen LogP contribution in [0.1, 0.15) is 73.1 Å². The summed E-state index contributed by atoms with van der Waals surface area (Å²) in [5.41, 5.74) is 2.05. The van der Waals surface area contributed by atoms with E-state index < -0.39 is 0 Å². The molecule has 0 bridgehead atoms. The van der Waals surface area contributed by atoms with E-state index in [1.807, 2.05) is 0 Å². The van der Waals surface area contributed by atoms with Gasteiger partial charge in [-0.25, -0.2) is 0 Å². The molecule has 1 nitrogen and oxygen atoms in total. The third-order valence-corrected chi connectivity index (χ3v) is 8.08. The lowest BCUT2D eigenvalue weighted by molar-refractivity contribution is -0.151. The van der Waals surface area contributed by atoms with Gasteiger partial charge in [0, 0.05) is 0 Å². The van der Waals surface area contributed by atoms with E-state index in [9.17, 15) is 4.79 Å². The fourth-order valence-electron chi connectivity index (χ4n) is 6.95. The molecule has 5 atom stereocenters. The van der Waals surface area contributed by atoms with Gasteiger partial charge in [0.05, 0.1) is 5.92 Å². The number of hydrogen-bond donors (Lipinski definition) is 0. The fraction of sp³-hybridized carbons (Fsp3) is 0.850. The van der Waals surface area contributed by atoms with Crippen LogP contribution in [0.5, 0.6) is 0 Å². The van der Waals surface area contributed by atoms with Crippen molar-refractivity contribution in [3.63, 3.8) is 0 Å². The Hall–Kier alpha value is -0.300. The second kappa shape index (κ2) is 5.10. The molecule has 0 aromatic heterocycles. The Bertz CT molecular complexity index is 520. The monoisotopic (exact) mass is 322 g/mol. The van der Waals surface area contributed by atoms with E-state index in [1.165, 1.54) is 31.3 Å². The summed E-state index contributed by atoms with van der Waals surface area (Å²) in [6, 6.07) is 0. The molecule has 3 aliphatic carbocycles. The second-order valence-corrected chi connectivity index (χ2v) is 9.79. The molecular weight excluding hydrogens is 292 g/mol. The molecule has 3 aliphatic rings. The molecule has 0 spiro atoms. The first-order valence-corrected chi connectivity index (χ1v) is 9.37. The molecule has 124 valence electrons. The average molecular weight is 323 g/mol. The van der Waals surface area contributed by atoms with Crippen molar-refractivity contribution in [2.24, 2.45) is 34.0 Å². The van der Waals surface area contributed by atoms with E-state index in [4.69, 9.17) is 11.6 Å². The zero-order chi connectivity index (χ0) is 16.3. The lowest BCUT2D eigenvalue weighted by Crippen LogP contribution is -2.58. The average Bonchev–Trinajstić information content (AvgIpc) is 2.35. The van der Waals surface area contributed by atoms with Crippen LogP contribution in [-0.2, 0) is 4.79 Å². The molecule has 0 aliphatic heterocycles. The summed E-state index contributed by atoms with van der Waals surface area (Å²) >= 11 is 6.06. The van der Waals surface area contributed by atoms with Crippen LogP contribution in [0.25, 0.3) is 0 Å². The van der Waals surface area contributed by atoms with Gasteiger partial charge < -0.3 is 0 Å². The molecule has 2 fully saturated rings. The SMILES string of the molecule is CC1=CC[C@H]2[C@@](C)(CC[C@H]3C(C)(C)CCC[C@]23C)[C@@H]1C(=O)Cl. The number of fused-ring (bicyclic) bond motifs is 3. The van der Waals surface area contributed by atoms with Gasteiger partial charge in [0.15, 0.2) is 0 Å². The molecular formula is C20H31ClO. The summed E-state index contributed by atoms with van der Waals surface area (Å²) < 4.78 is 0. The van der Waals surface area contributed by atoms with Gasteiger partial charge in [0.2, 0.25) is 5.24 Å². The Morgan fingerprint density at radius 1 is 1.09 bits per heavy atom. The van der Waals surface area contributed by atoms with Crippen molar-refractivity contribution >= 4 is 16.8 Å². The van der Waals surface area contributed by atoms with Crippen molar-refractivity contribution in [2.45, 2.75) is 73.1 Å². The quantitative estimate of drug-likeness (QED) is 0.429. The van der Waals surface area contributed by atoms with Crippen molar-refractivity contribution in [1.82, 2.24) is 0 Å². The van der Waals surface area contributed by atoms with Crippen LogP contribution < -0.4 is 0 Å². The van der Waals surface area contributed by atoms with E-state index in [2.05, 4.69) is 40.7 Å². The first kappa shape index (κ1) is 16.6. The van der Waals surface area contributed by atoms with Crippen molar-refractivity contribution in [2.75, 3.05) is 0 Å². The molecule has 0 aromatic carbocycles. The molecule has 0 unspecified atom stereocenters.